The van der Waals surface area contributed by atoms with Crippen molar-refractivity contribution in [3.8, 4) is 17.2 Å². The molecule has 0 spiro atoms. The van der Waals surface area contributed by atoms with Crippen LogP contribution in [0.3, 0.4) is 0 Å². The second-order valence-electron chi connectivity index (χ2n) is 3.79. The molecule has 0 saturated heterocycles. The van der Waals surface area contributed by atoms with Crippen LogP contribution in [0.25, 0.3) is 0 Å². The van der Waals surface area contributed by atoms with Crippen molar-refractivity contribution in [2.45, 2.75) is 0 Å². The quantitative estimate of drug-likeness (QED) is 0.378. The van der Waals surface area contributed by atoms with Crippen molar-refractivity contribution in [3.63, 3.8) is 0 Å². The number of aromatic nitrogens is 1. The Kier molecular flexibility index (Phi) is 3.80. The number of hydrogen-bond acceptors (Lipinski definition) is 6. The molecule has 0 unspecified atom stereocenters. The van der Waals surface area contributed by atoms with Gasteiger partial charge in [0.05, 0.1) is 6.21 Å². The average molecular weight is 273 g/mol. The van der Waals surface area contributed by atoms with Crippen molar-refractivity contribution in [1.82, 2.24) is 10.4 Å². The number of nitrogens with zero attached hydrogens (tertiary/aromatic N) is 2. The standard InChI is InChI=1S/C13H11N3O4/c17-10-5-4-8(11(18)12(10)19)7-15-16-13(20)9-3-1-2-6-14-9/h1-7,17-19H,(H,16,20)/b15-7-. The lowest BCUT2D eigenvalue weighted by molar-refractivity contribution is 0.0950. The summed E-state index contributed by atoms with van der Waals surface area (Å²) in [5, 5.41) is 31.6. The zero-order valence-corrected chi connectivity index (χ0v) is 10.2. The fourth-order valence-electron chi connectivity index (χ4n) is 1.40. The van der Waals surface area contributed by atoms with Crippen LogP contribution in [-0.2, 0) is 0 Å². The first-order valence-electron chi connectivity index (χ1n) is 5.58. The number of rotatable bonds is 3. The van der Waals surface area contributed by atoms with E-state index in [4.69, 9.17) is 5.11 Å². The fourth-order valence-corrected chi connectivity index (χ4v) is 1.40. The Hall–Kier alpha value is -3.09. The number of carbonyl (C=O) groups excluding carboxylic acids is 1. The maximum atomic E-state index is 11.6. The molecule has 0 saturated carbocycles. The van der Waals surface area contributed by atoms with Crippen molar-refractivity contribution in [1.29, 1.82) is 0 Å². The lowest BCUT2D eigenvalue weighted by atomic mass is 10.2. The molecule has 7 nitrogen and oxygen atoms in total. The van der Waals surface area contributed by atoms with Gasteiger partial charge in [0.1, 0.15) is 5.69 Å². The molecule has 0 fully saturated rings. The van der Waals surface area contributed by atoms with E-state index in [-0.39, 0.29) is 11.3 Å². The summed E-state index contributed by atoms with van der Waals surface area (Å²) in [4.78, 5) is 15.4. The number of pyridine rings is 1. The predicted octanol–water partition coefficient (Wildman–Crippen LogP) is 0.962. The minimum absolute atomic E-state index is 0.140. The van der Waals surface area contributed by atoms with E-state index in [9.17, 15) is 15.0 Å². The highest BCUT2D eigenvalue weighted by atomic mass is 16.3. The summed E-state index contributed by atoms with van der Waals surface area (Å²) in [6, 6.07) is 7.39. The van der Waals surface area contributed by atoms with E-state index < -0.39 is 23.2 Å². The van der Waals surface area contributed by atoms with E-state index in [1.165, 1.54) is 24.4 Å². The van der Waals surface area contributed by atoms with Crippen LogP contribution in [0.1, 0.15) is 16.1 Å². The predicted molar refractivity (Wildman–Crippen MR) is 70.7 cm³/mol. The van der Waals surface area contributed by atoms with Crippen LogP contribution < -0.4 is 5.43 Å². The van der Waals surface area contributed by atoms with Crippen molar-refractivity contribution >= 4 is 12.1 Å². The SMILES string of the molecule is O=C(N/N=C\c1ccc(O)c(O)c1O)c1ccccn1. The van der Waals surface area contributed by atoms with E-state index in [2.05, 4.69) is 15.5 Å². The van der Waals surface area contributed by atoms with Gasteiger partial charge in [0.15, 0.2) is 11.5 Å². The van der Waals surface area contributed by atoms with Gasteiger partial charge in [-0.05, 0) is 24.3 Å². The largest absolute Gasteiger partial charge is 0.504 e. The van der Waals surface area contributed by atoms with Crippen LogP contribution in [0, 0.1) is 0 Å². The van der Waals surface area contributed by atoms with Crippen LogP contribution in [0.4, 0.5) is 0 Å². The zero-order valence-electron chi connectivity index (χ0n) is 10.2. The van der Waals surface area contributed by atoms with Crippen LogP contribution in [0.15, 0.2) is 41.6 Å². The molecule has 0 aliphatic rings. The first-order chi connectivity index (χ1) is 9.59. The summed E-state index contributed by atoms with van der Waals surface area (Å²) >= 11 is 0. The molecule has 0 radical (unpaired) electrons. The molecule has 20 heavy (non-hydrogen) atoms. The van der Waals surface area contributed by atoms with Crippen LogP contribution >= 0.6 is 0 Å². The normalized spacial score (nSPS) is 10.6. The Labute approximate surface area is 113 Å². The fraction of sp³-hybridized carbons (Fsp3) is 0. The van der Waals surface area contributed by atoms with E-state index >= 15 is 0 Å². The molecule has 1 aromatic carbocycles. The minimum atomic E-state index is -0.648. The molecule has 1 heterocycles. The molecule has 0 aliphatic carbocycles. The van der Waals surface area contributed by atoms with Crippen molar-refractivity contribution in [3.05, 3.63) is 47.8 Å². The third kappa shape index (κ3) is 2.83. The molecular formula is C13H11N3O4. The van der Waals surface area contributed by atoms with Crippen LogP contribution in [-0.4, -0.2) is 32.4 Å². The molecule has 0 aliphatic heterocycles. The van der Waals surface area contributed by atoms with E-state index in [0.29, 0.717) is 0 Å². The van der Waals surface area contributed by atoms with Gasteiger partial charge in [-0.1, -0.05) is 6.07 Å². The molecule has 7 heteroatoms. The summed E-state index contributed by atoms with van der Waals surface area (Å²) in [7, 11) is 0. The van der Waals surface area contributed by atoms with Crippen molar-refractivity contribution in [2.24, 2.45) is 5.10 Å². The molecule has 102 valence electrons. The monoisotopic (exact) mass is 273 g/mol. The van der Waals surface area contributed by atoms with Gasteiger partial charge in [-0.25, -0.2) is 5.43 Å². The summed E-state index contributed by atoms with van der Waals surface area (Å²) < 4.78 is 0. The molecule has 4 N–H and O–H groups in total. The summed E-state index contributed by atoms with van der Waals surface area (Å²) in [6.07, 6.45) is 2.61. The Morgan fingerprint density at radius 2 is 1.95 bits per heavy atom. The van der Waals surface area contributed by atoms with Crippen LogP contribution in [0.2, 0.25) is 0 Å². The van der Waals surface area contributed by atoms with Crippen LogP contribution in [0.5, 0.6) is 17.2 Å². The number of hydrogen-bond donors (Lipinski definition) is 4. The van der Waals surface area contributed by atoms with E-state index in [1.54, 1.807) is 12.1 Å². The number of benzene rings is 1. The molecule has 2 aromatic rings. The van der Waals surface area contributed by atoms with Gasteiger partial charge >= 0.3 is 0 Å². The minimum Gasteiger partial charge on any atom is -0.504 e. The second kappa shape index (κ2) is 5.70. The number of nitrogens with one attached hydrogen (secondary N) is 1. The molecule has 1 aromatic heterocycles. The Morgan fingerprint density at radius 3 is 2.65 bits per heavy atom. The van der Waals surface area contributed by atoms with Crippen molar-refractivity contribution < 1.29 is 20.1 Å². The zero-order chi connectivity index (χ0) is 14.5. The molecular weight excluding hydrogens is 262 g/mol. The Morgan fingerprint density at radius 1 is 1.15 bits per heavy atom. The molecule has 1 amide bonds. The van der Waals surface area contributed by atoms with Gasteiger partial charge < -0.3 is 15.3 Å². The average Bonchev–Trinajstić information content (AvgIpc) is 2.48. The van der Waals surface area contributed by atoms with Crippen molar-refractivity contribution in [2.75, 3.05) is 0 Å². The van der Waals surface area contributed by atoms with E-state index in [0.717, 1.165) is 6.21 Å². The topological polar surface area (TPSA) is 115 Å². The first-order valence-corrected chi connectivity index (χ1v) is 5.58. The molecule has 0 bridgehead atoms. The molecule has 0 atom stereocenters. The Bertz CT molecular complexity index is 656. The van der Waals surface area contributed by atoms with Gasteiger partial charge in [0.25, 0.3) is 5.91 Å². The van der Waals surface area contributed by atoms with Gasteiger partial charge in [-0.2, -0.15) is 5.10 Å². The van der Waals surface area contributed by atoms with Gasteiger partial charge in [-0.15, -0.1) is 0 Å². The summed E-state index contributed by atoms with van der Waals surface area (Å²) in [6.45, 7) is 0. The Balaban J connectivity index is 2.08. The second-order valence-corrected chi connectivity index (χ2v) is 3.79. The lowest BCUT2D eigenvalue weighted by Crippen LogP contribution is -2.18. The summed E-state index contributed by atoms with van der Waals surface area (Å²) in [5.74, 6) is -2.13. The summed E-state index contributed by atoms with van der Waals surface area (Å²) in [5.41, 5.74) is 2.56. The number of amides is 1. The third-order valence-corrected chi connectivity index (χ3v) is 2.43. The highest BCUT2D eigenvalue weighted by Crippen LogP contribution is 2.36. The lowest BCUT2D eigenvalue weighted by Gasteiger charge is -2.03. The number of carbonyl (C=O) groups is 1. The van der Waals surface area contributed by atoms with Gasteiger partial charge in [-0.3, -0.25) is 9.78 Å². The highest BCUT2D eigenvalue weighted by molar-refractivity contribution is 5.93. The number of phenolic OH excluding ortho intramolecular Hbond substituents is 3. The van der Waals surface area contributed by atoms with Gasteiger partial charge in [0.2, 0.25) is 5.75 Å². The maximum absolute atomic E-state index is 11.6. The third-order valence-electron chi connectivity index (χ3n) is 2.43. The highest BCUT2D eigenvalue weighted by Gasteiger charge is 2.09. The maximum Gasteiger partial charge on any atom is 0.289 e. The molecule has 2 rings (SSSR count). The number of hydrazone groups is 1. The van der Waals surface area contributed by atoms with Gasteiger partial charge in [0, 0.05) is 11.8 Å². The number of aromatic hydroxyl groups is 3. The smallest absolute Gasteiger partial charge is 0.289 e. The first kappa shape index (κ1) is 13.3. The van der Waals surface area contributed by atoms with E-state index in [1.807, 2.05) is 0 Å². The number of phenols is 3.